The van der Waals surface area contributed by atoms with E-state index in [0.717, 1.165) is 35.2 Å². The van der Waals surface area contributed by atoms with Gasteiger partial charge < -0.3 is 9.73 Å². The number of ketones is 1. The molecule has 1 aromatic heterocycles. The van der Waals surface area contributed by atoms with E-state index >= 15 is 0 Å². The fraction of sp³-hybridized carbons (Fsp3) is 0.211. The van der Waals surface area contributed by atoms with Crippen LogP contribution in [0.25, 0.3) is 11.1 Å². The average Bonchev–Trinajstić information content (AvgIpc) is 2.94. The molecule has 1 aliphatic rings. The van der Waals surface area contributed by atoms with E-state index in [2.05, 4.69) is 10.3 Å². The van der Waals surface area contributed by atoms with Gasteiger partial charge in [-0.25, -0.2) is 4.98 Å². The topological polar surface area (TPSA) is 72.2 Å². The van der Waals surface area contributed by atoms with Crippen LogP contribution in [0.3, 0.4) is 0 Å². The third kappa shape index (κ3) is 3.44. The molecule has 6 heteroatoms. The number of aromatic nitrogens is 1. The maximum atomic E-state index is 12.5. The summed E-state index contributed by atoms with van der Waals surface area (Å²) in [5, 5.41) is 3.38. The van der Waals surface area contributed by atoms with Gasteiger partial charge in [0.05, 0.1) is 5.75 Å². The number of thioether (sulfide) groups is 1. The number of carbonyl (C=O) groups is 2. The fourth-order valence-corrected chi connectivity index (χ4v) is 3.60. The minimum atomic E-state index is 0.0191. The Labute approximate surface area is 148 Å². The molecule has 126 valence electrons. The highest BCUT2D eigenvalue weighted by atomic mass is 32.2. The molecular weight excluding hydrogens is 336 g/mol. The van der Waals surface area contributed by atoms with Crippen molar-refractivity contribution in [3.63, 3.8) is 0 Å². The zero-order valence-corrected chi connectivity index (χ0v) is 14.3. The lowest BCUT2D eigenvalue weighted by molar-refractivity contribution is -0.116. The van der Waals surface area contributed by atoms with E-state index in [9.17, 15) is 9.59 Å². The Balaban J connectivity index is 1.47. The highest BCUT2D eigenvalue weighted by Crippen LogP contribution is 2.26. The lowest BCUT2D eigenvalue weighted by Gasteiger charge is -2.08. The van der Waals surface area contributed by atoms with Crippen LogP contribution in [0.15, 0.2) is 52.1 Å². The quantitative estimate of drug-likeness (QED) is 0.566. The SMILES string of the molecule is O=C1CCCc2cc(C(=O)CSc3nc4ccccc4o3)ccc2N1. The number of nitrogens with one attached hydrogen (secondary N) is 1. The van der Waals surface area contributed by atoms with Crippen LogP contribution in [0.4, 0.5) is 5.69 Å². The first-order valence-corrected chi connectivity index (χ1v) is 9.12. The van der Waals surface area contributed by atoms with Crippen LogP contribution >= 0.6 is 11.8 Å². The number of amides is 1. The molecule has 4 rings (SSSR count). The number of hydrogen-bond acceptors (Lipinski definition) is 5. The Bertz CT molecular complexity index is 931. The second kappa shape index (κ2) is 6.72. The molecule has 2 aromatic carbocycles. The molecule has 1 aliphatic heterocycles. The van der Waals surface area contributed by atoms with Crippen molar-refractivity contribution in [3.05, 3.63) is 53.6 Å². The summed E-state index contributed by atoms with van der Waals surface area (Å²) in [5.74, 6) is 0.313. The van der Waals surface area contributed by atoms with Gasteiger partial charge in [-0.15, -0.1) is 0 Å². The highest BCUT2D eigenvalue weighted by Gasteiger charge is 2.16. The van der Waals surface area contributed by atoms with Crippen molar-refractivity contribution in [1.29, 1.82) is 0 Å². The summed E-state index contributed by atoms with van der Waals surface area (Å²) < 4.78 is 5.63. The molecule has 1 amide bonds. The van der Waals surface area contributed by atoms with Gasteiger partial charge in [-0.1, -0.05) is 23.9 Å². The summed E-state index contributed by atoms with van der Waals surface area (Å²) in [6, 6.07) is 13.0. The maximum absolute atomic E-state index is 12.5. The van der Waals surface area contributed by atoms with Crippen molar-refractivity contribution in [2.75, 3.05) is 11.1 Å². The van der Waals surface area contributed by atoms with Gasteiger partial charge >= 0.3 is 0 Å². The van der Waals surface area contributed by atoms with Crippen LogP contribution in [0, 0.1) is 0 Å². The predicted octanol–water partition coefficient (Wildman–Crippen LogP) is 4.08. The molecule has 0 bridgehead atoms. The van der Waals surface area contributed by atoms with Gasteiger partial charge in [-0.2, -0.15) is 0 Å². The standard InChI is InChI=1S/C19H16N2O3S/c22-16(11-25-19-21-15-5-1-2-6-17(15)24-19)13-8-9-14-12(10-13)4-3-7-18(23)20-14/h1-2,5-6,8-10H,3-4,7,11H2,(H,20,23). The van der Waals surface area contributed by atoms with E-state index in [4.69, 9.17) is 4.42 Å². The zero-order valence-electron chi connectivity index (χ0n) is 13.5. The third-order valence-corrected chi connectivity index (χ3v) is 4.98. The third-order valence-electron chi connectivity index (χ3n) is 4.15. The molecule has 0 spiro atoms. The number of aryl methyl sites for hydroxylation is 1. The van der Waals surface area contributed by atoms with E-state index in [1.807, 2.05) is 36.4 Å². The van der Waals surface area contributed by atoms with Crippen LogP contribution in [0.1, 0.15) is 28.8 Å². The molecule has 25 heavy (non-hydrogen) atoms. The highest BCUT2D eigenvalue weighted by molar-refractivity contribution is 7.99. The van der Waals surface area contributed by atoms with Gasteiger partial charge in [0.25, 0.3) is 5.22 Å². The second-order valence-corrected chi connectivity index (χ2v) is 6.86. The summed E-state index contributed by atoms with van der Waals surface area (Å²) in [6.07, 6.45) is 2.12. The van der Waals surface area contributed by atoms with Gasteiger partial charge in [0.15, 0.2) is 11.4 Å². The van der Waals surface area contributed by atoms with Crippen molar-refractivity contribution < 1.29 is 14.0 Å². The second-order valence-electron chi connectivity index (χ2n) is 5.93. The number of oxazole rings is 1. The van der Waals surface area contributed by atoms with Gasteiger partial charge in [-0.05, 0) is 48.7 Å². The first kappa shape index (κ1) is 15.9. The van der Waals surface area contributed by atoms with Crippen molar-refractivity contribution in [3.8, 4) is 0 Å². The van der Waals surface area contributed by atoms with Gasteiger partial charge in [0, 0.05) is 17.7 Å². The summed E-state index contributed by atoms with van der Waals surface area (Å²) >= 11 is 1.29. The van der Waals surface area contributed by atoms with Crippen LogP contribution in [0.2, 0.25) is 0 Å². The van der Waals surface area contributed by atoms with Crippen molar-refractivity contribution >= 4 is 40.2 Å². The van der Waals surface area contributed by atoms with E-state index in [0.29, 0.717) is 17.2 Å². The van der Waals surface area contributed by atoms with E-state index < -0.39 is 0 Å². The first-order valence-electron chi connectivity index (χ1n) is 8.13. The minimum absolute atomic E-state index is 0.0191. The van der Waals surface area contributed by atoms with Crippen LogP contribution < -0.4 is 5.32 Å². The van der Waals surface area contributed by atoms with Gasteiger partial charge in [0.1, 0.15) is 5.52 Å². The molecule has 0 saturated carbocycles. The van der Waals surface area contributed by atoms with Crippen LogP contribution in [0.5, 0.6) is 0 Å². The predicted molar refractivity (Wildman–Crippen MR) is 97.1 cm³/mol. The van der Waals surface area contributed by atoms with Crippen LogP contribution in [-0.4, -0.2) is 22.4 Å². The Morgan fingerprint density at radius 3 is 2.96 bits per heavy atom. The zero-order chi connectivity index (χ0) is 17.2. The molecule has 0 radical (unpaired) electrons. The van der Waals surface area contributed by atoms with Crippen molar-refractivity contribution in [2.45, 2.75) is 24.5 Å². The van der Waals surface area contributed by atoms with Gasteiger partial charge in [-0.3, -0.25) is 9.59 Å². The molecule has 2 heterocycles. The number of fused-ring (bicyclic) bond motifs is 2. The number of carbonyl (C=O) groups excluding carboxylic acids is 2. The lowest BCUT2D eigenvalue weighted by atomic mass is 10.0. The van der Waals surface area contributed by atoms with Crippen LogP contribution in [-0.2, 0) is 11.2 Å². The van der Waals surface area contributed by atoms with Crippen molar-refractivity contribution in [2.24, 2.45) is 0 Å². The van der Waals surface area contributed by atoms with E-state index in [1.54, 1.807) is 6.07 Å². The molecular formula is C19H16N2O3S. The summed E-state index contributed by atoms with van der Waals surface area (Å²) in [7, 11) is 0. The number of rotatable bonds is 4. The smallest absolute Gasteiger partial charge is 0.257 e. The fourth-order valence-electron chi connectivity index (χ4n) is 2.87. The summed E-state index contributed by atoms with van der Waals surface area (Å²) in [5.41, 5.74) is 3.99. The average molecular weight is 352 g/mol. The first-order chi connectivity index (χ1) is 12.2. The Morgan fingerprint density at radius 1 is 1.20 bits per heavy atom. The molecule has 3 aromatic rings. The summed E-state index contributed by atoms with van der Waals surface area (Å²) in [6.45, 7) is 0. The normalized spacial score (nSPS) is 14.0. The minimum Gasteiger partial charge on any atom is -0.431 e. The van der Waals surface area contributed by atoms with Crippen molar-refractivity contribution in [1.82, 2.24) is 4.98 Å². The molecule has 0 saturated heterocycles. The molecule has 5 nitrogen and oxygen atoms in total. The number of hydrogen-bond donors (Lipinski definition) is 1. The largest absolute Gasteiger partial charge is 0.431 e. The number of anilines is 1. The number of para-hydroxylation sites is 2. The molecule has 0 atom stereocenters. The summed E-state index contributed by atoms with van der Waals surface area (Å²) in [4.78, 5) is 28.5. The number of nitrogens with zero attached hydrogens (tertiary/aromatic N) is 1. The molecule has 0 aliphatic carbocycles. The van der Waals surface area contributed by atoms with E-state index in [-0.39, 0.29) is 17.4 Å². The number of benzene rings is 2. The Hall–Kier alpha value is -2.60. The molecule has 0 fully saturated rings. The maximum Gasteiger partial charge on any atom is 0.257 e. The Morgan fingerprint density at radius 2 is 2.08 bits per heavy atom. The monoisotopic (exact) mass is 352 g/mol. The van der Waals surface area contributed by atoms with E-state index in [1.165, 1.54) is 11.8 Å². The lowest BCUT2D eigenvalue weighted by Crippen LogP contribution is -2.10. The molecule has 1 N–H and O–H groups in total. The molecule has 0 unspecified atom stereocenters. The Kier molecular flexibility index (Phi) is 4.28. The van der Waals surface area contributed by atoms with Gasteiger partial charge in [0.2, 0.25) is 5.91 Å². The number of Topliss-reactive ketones (excluding diaryl/α,β-unsaturated/α-hetero) is 1.